The number of aromatic nitrogens is 2. The van der Waals surface area contributed by atoms with E-state index in [1.807, 2.05) is 36.0 Å². The minimum atomic E-state index is -0.318. The zero-order valence-electron chi connectivity index (χ0n) is 10.2. The van der Waals surface area contributed by atoms with Gasteiger partial charge in [-0.3, -0.25) is 0 Å². The van der Waals surface area contributed by atoms with Gasteiger partial charge in [-0.2, -0.15) is 0 Å². The molecule has 0 fully saturated rings. The fraction of sp³-hybridized carbons (Fsp3) is 0.308. The fourth-order valence-corrected chi connectivity index (χ4v) is 2.16. The van der Waals surface area contributed by atoms with E-state index in [9.17, 15) is 0 Å². The van der Waals surface area contributed by atoms with Crippen molar-refractivity contribution in [2.24, 2.45) is 12.8 Å². The first-order chi connectivity index (χ1) is 8.77. The van der Waals surface area contributed by atoms with Crippen LogP contribution in [0.25, 0.3) is 0 Å². The molecule has 1 aliphatic rings. The van der Waals surface area contributed by atoms with Gasteiger partial charge < -0.3 is 19.8 Å². The van der Waals surface area contributed by atoms with Crippen molar-refractivity contribution in [1.82, 2.24) is 9.55 Å². The molecule has 1 aromatic heterocycles. The van der Waals surface area contributed by atoms with Crippen molar-refractivity contribution in [3.05, 3.63) is 42.0 Å². The molecule has 2 heterocycles. The van der Waals surface area contributed by atoms with Gasteiger partial charge in [-0.25, -0.2) is 4.98 Å². The Hall–Kier alpha value is -2.01. The van der Waals surface area contributed by atoms with Crippen LogP contribution in [-0.4, -0.2) is 22.8 Å². The maximum absolute atomic E-state index is 6.27. The highest BCUT2D eigenvalue weighted by atomic mass is 16.6. The van der Waals surface area contributed by atoms with Crippen LogP contribution < -0.4 is 15.2 Å². The van der Waals surface area contributed by atoms with Crippen molar-refractivity contribution in [1.29, 1.82) is 0 Å². The minimum absolute atomic E-state index is 0.318. The molecular weight excluding hydrogens is 230 g/mol. The molecule has 5 nitrogen and oxygen atoms in total. The van der Waals surface area contributed by atoms with Crippen LogP contribution in [0.1, 0.15) is 17.4 Å². The quantitative estimate of drug-likeness (QED) is 0.864. The molecule has 1 unspecified atom stereocenters. The Morgan fingerprint density at radius 2 is 2.17 bits per heavy atom. The highest BCUT2D eigenvalue weighted by molar-refractivity contribution is 5.50. The number of fused-ring (bicyclic) bond motifs is 1. The Balaban J connectivity index is 2.04. The van der Waals surface area contributed by atoms with Crippen LogP contribution in [-0.2, 0) is 7.05 Å². The molecule has 5 heteroatoms. The lowest BCUT2D eigenvalue weighted by atomic mass is 10.0. The van der Waals surface area contributed by atoms with Gasteiger partial charge in [-0.05, 0) is 6.07 Å². The number of nitrogens with zero attached hydrogens (tertiary/aromatic N) is 2. The maximum Gasteiger partial charge on any atom is 0.166 e. The van der Waals surface area contributed by atoms with Crippen LogP contribution in [0.3, 0.4) is 0 Å². The molecule has 1 aromatic carbocycles. The molecule has 0 saturated heterocycles. The van der Waals surface area contributed by atoms with E-state index in [0.717, 1.165) is 22.9 Å². The second-order valence-corrected chi connectivity index (χ2v) is 4.25. The number of hydrogen-bond donors (Lipinski definition) is 1. The van der Waals surface area contributed by atoms with E-state index in [2.05, 4.69) is 4.98 Å². The molecule has 0 spiro atoms. The lowest BCUT2D eigenvalue weighted by Gasteiger charge is -2.23. The molecule has 1 aliphatic heterocycles. The van der Waals surface area contributed by atoms with E-state index < -0.39 is 0 Å². The van der Waals surface area contributed by atoms with Gasteiger partial charge in [-0.15, -0.1) is 0 Å². The van der Waals surface area contributed by atoms with Gasteiger partial charge in [0.05, 0.1) is 6.04 Å². The predicted octanol–water partition coefficient (Wildman–Crippen LogP) is 1.24. The smallest absolute Gasteiger partial charge is 0.166 e. The molecule has 2 aromatic rings. The summed E-state index contributed by atoms with van der Waals surface area (Å²) in [6.07, 6.45) is 3.61. The van der Waals surface area contributed by atoms with E-state index in [-0.39, 0.29) is 6.04 Å². The van der Waals surface area contributed by atoms with Crippen molar-refractivity contribution >= 4 is 0 Å². The SMILES string of the molecule is Cn1ccnc1C(N)c1cccc2c1OCCO2. The average Bonchev–Trinajstić information content (AvgIpc) is 2.83. The monoisotopic (exact) mass is 245 g/mol. The van der Waals surface area contributed by atoms with Gasteiger partial charge in [0, 0.05) is 25.0 Å². The van der Waals surface area contributed by atoms with E-state index in [1.54, 1.807) is 6.20 Å². The first kappa shape index (κ1) is 11.1. The summed E-state index contributed by atoms with van der Waals surface area (Å²) in [7, 11) is 1.93. The second-order valence-electron chi connectivity index (χ2n) is 4.25. The van der Waals surface area contributed by atoms with E-state index in [4.69, 9.17) is 15.2 Å². The second kappa shape index (κ2) is 4.34. The zero-order valence-corrected chi connectivity index (χ0v) is 10.2. The number of hydrogen-bond acceptors (Lipinski definition) is 4. The molecular formula is C13H15N3O2. The Labute approximate surface area is 105 Å². The van der Waals surface area contributed by atoms with E-state index in [0.29, 0.717) is 13.2 Å². The normalized spacial score (nSPS) is 15.4. The third-order valence-corrected chi connectivity index (χ3v) is 3.07. The first-order valence-electron chi connectivity index (χ1n) is 5.88. The number of benzene rings is 1. The van der Waals surface area contributed by atoms with Crippen molar-refractivity contribution in [3.63, 3.8) is 0 Å². The van der Waals surface area contributed by atoms with Crippen molar-refractivity contribution in [2.45, 2.75) is 6.04 Å². The Morgan fingerprint density at radius 1 is 1.33 bits per heavy atom. The van der Waals surface area contributed by atoms with Crippen molar-refractivity contribution in [2.75, 3.05) is 13.2 Å². The van der Waals surface area contributed by atoms with Gasteiger partial charge in [0.1, 0.15) is 19.0 Å². The molecule has 2 N–H and O–H groups in total. The topological polar surface area (TPSA) is 62.3 Å². The Morgan fingerprint density at radius 3 is 2.94 bits per heavy atom. The average molecular weight is 245 g/mol. The first-order valence-corrected chi connectivity index (χ1v) is 5.88. The third-order valence-electron chi connectivity index (χ3n) is 3.07. The molecule has 0 radical (unpaired) electrons. The summed E-state index contributed by atoms with van der Waals surface area (Å²) in [6.45, 7) is 1.13. The molecule has 0 saturated carbocycles. The summed E-state index contributed by atoms with van der Waals surface area (Å²) in [4.78, 5) is 4.28. The van der Waals surface area contributed by atoms with Crippen LogP contribution in [0.4, 0.5) is 0 Å². The number of para-hydroxylation sites is 1. The molecule has 0 amide bonds. The highest BCUT2D eigenvalue weighted by Crippen LogP contribution is 2.37. The number of nitrogens with two attached hydrogens (primary N) is 1. The number of ether oxygens (including phenoxy) is 2. The summed E-state index contributed by atoms with van der Waals surface area (Å²) in [5.74, 6) is 2.29. The summed E-state index contributed by atoms with van der Waals surface area (Å²) in [5, 5.41) is 0. The molecule has 0 aliphatic carbocycles. The van der Waals surface area contributed by atoms with Gasteiger partial charge >= 0.3 is 0 Å². The molecule has 94 valence electrons. The van der Waals surface area contributed by atoms with Crippen LogP contribution >= 0.6 is 0 Å². The van der Waals surface area contributed by atoms with Gasteiger partial charge in [0.2, 0.25) is 0 Å². The maximum atomic E-state index is 6.27. The lowest BCUT2D eigenvalue weighted by Crippen LogP contribution is -2.21. The van der Waals surface area contributed by atoms with Gasteiger partial charge in [0.25, 0.3) is 0 Å². The summed E-state index contributed by atoms with van der Waals surface area (Å²) in [5.41, 5.74) is 7.17. The van der Waals surface area contributed by atoms with Crippen LogP contribution in [0, 0.1) is 0 Å². The molecule has 3 rings (SSSR count). The van der Waals surface area contributed by atoms with Crippen molar-refractivity contribution in [3.8, 4) is 11.5 Å². The summed E-state index contributed by atoms with van der Waals surface area (Å²) >= 11 is 0. The lowest BCUT2D eigenvalue weighted by molar-refractivity contribution is 0.169. The Bertz CT molecular complexity index is 565. The number of imidazole rings is 1. The summed E-state index contributed by atoms with van der Waals surface area (Å²) < 4.78 is 13.1. The van der Waals surface area contributed by atoms with Gasteiger partial charge in [-0.1, -0.05) is 12.1 Å². The zero-order chi connectivity index (χ0) is 12.5. The van der Waals surface area contributed by atoms with Crippen molar-refractivity contribution < 1.29 is 9.47 Å². The third kappa shape index (κ3) is 1.73. The number of aryl methyl sites for hydroxylation is 1. The number of rotatable bonds is 2. The summed E-state index contributed by atoms with van der Waals surface area (Å²) in [6, 6.07) is 5.45. The van der Waals surface area contributed by atoms with Crippen LogP contribution in [0.2, 0.25) is 0 Å². The van der Waals surface area contributed by atoms with E-state index in [1.165, 1.54) is 0 Å². The van der Waals surface area contributed by atoms with Crippen LogP contribution in [0.15, 0.2) is 30.6 Å². The fourth-order valence-electron chi connectivity index (χ4n) is 2.16. The Kier molecular flexibility index (Phi) is 2.68. The highest BCUT2D eigenvalue weighted by Gasteiger charge is 2.22. The largest absolute Gasteiger partial charge is 0.486 e. The predicted molar refractivity (Wildman–Crippen MR) is 66.7 cm³/mol. The molecule has 18 heavy (non-hydrogen) atoms. The molecule has 0 bridgehead atoms. The van der Waals surface area contributed by atoms with E-state index >= 15 is 0 Å². The molecule has 1 atom stereocenters. The minimum Gasteiger partial charge on any atom is -0.486 e. The van der Waals surface area contributed by atoms with Crippen LogP contribution in [0.5, 0.6) is 11.5 Å². The standard InChI is InChI=1S/C13H15N3O2/c1-16-6-5-15-13(16)11(14)9-3-2-4-10-12(9)18-8-7-17-10/h2-6,11H,7-8,14H2,1H3. The van der Waals surface area contributed by atoms with Gasteiger partial charge in [0.15, 0.2) is 11.5 Å².